The molecule has 0 atom stereocenters. The van der Waals surface area contributed by atoms with Gasteiger partial charge in [-0.05, 0) is 44.0 Å². The maximum Gasteiger partial charge on any atom is 0.337 e. The summed E-state index contributed by atoms with van der Waals surface area (Å²) in [6, 6.07) is 6.31. The van der Waals surface area contributed by atoms with Crippen molar-refractivity contribution in [2.45, 2.75) is 33.1 Å². The van der Waals surface area contributed by atoms with Crippen LogP contribution in [0.4, 0.5) is 0 Å². The molecule has 0 bridgehead atoms. The number of ether oxygens (including phenoxy) is 1. The quantitative estimate of drug-likeness (QED) is 0.603. The number of carbonyl (C=O) groups is 2. The van der Waals surface area contributed by atoms with Gasteiger partial charge in [-0.25, -0.2) is 9.79 Å². The monoisotopic (exact) mass is 261 g/mol. The van der Waals surface area contributed by atoms with Gasteiger partial charge in [0.05, 0.1) is 12.7 Å². The van der Waals surface area contributed by atoms with Gasteiger partial charge in [0, 0.05) is 11.3 Å². The number of esters is 1. The molecule has 4 nitrogen and oxygen atoms in total. The third-order valence-corrected chi connectivity index (χ3v) is 2.74. The minimum Gasteiger partial charge on any atom is -0.465 e. The molecule has 0 fully saturated rings. The lowest BCUT2D eigenvalue weighted by molar-refractivity contribution is 0.0600. The van der Waals surface area contributed by atoms with Gasteiger partial charge in [-0.1, -0.05) is 13.3 Å². The lowest BCUT2D eigenvalue weighted by atomic mass is 10.1. The third kappa shape index (κ3) is 4.66. The third-order valence-electron chi connectivity index (χ3n) is 2.74. The summed E-state index contributed by atoms with van der Waals surface area (Å²) in [5.41, 5.74) is 1.73. The molecule has 0 aliphatic heterocycles. The van der Waals surface area contributed by atoms with Gasteiger partial charge in [0.1, 0.15) is 0 Å². The zero-order valence-corrected chi connectivity index (χ0v) is 11.6. The number of rotatable bonds is 5. The standard InChI is InChI=1S/C15H19NO3/c1-4-5-6-11(2)16-14(17)12-7-9-13(10-8-12)15(18)19-3/h7-10H,4-6H2,1-3H3. The minimum absolute atomic E-state index is 0.273. The highest BCUT2D eigenvalue weighted by Gasteiger charge is 2.08. The van der Waals surface area contributed by atoms with Crippen molar-refractivity contribution in [1.82, 2.24) is 0 Å². The SMILES string of the molecule is CCCCC(C)=NC(=O)c1ccc(C(=O)OC)cc1. The highest BCUT2D eigenvalue weighted by molar-refractivity contribution is 6.03. The summed E-state index contributed by atoms with van der Waals surface area (Å²) in [4.78, 5) is 27.2. The predicted molar refractivity (Wildman–Crippen MR) is 74.7 cm³/mol. The van der Waals surface area contributed by atoms with E-state index in [-0.39, 0.29) is 5.91 Å². The number of methoxy groups -OCH3 is 1. The number of nitrogens with zero attached hydrogens (tertiary/aromatic N) is 1. The van der Waals surface area contributed by atoms with Gasteiger partial charge in [0.25, 0.3) is 5.91 Å². The number of aliphatic imine (C=N–C) groups is 1. The molecule has 1 aromatic carbocycles. The van der Waals surface area contributed by atoms with Gasteiger partial charge in [-0.15, -0.1) is 0 Å². The fraction of sp³-hybridized carbons (Fsp3) is 0.400. The van der Waals surface area contributed by atoms with Crippen LogP contribution in [0.1, 0.15) is 53.8 Å². The Kier molecular flexibility index (Phi) is 5.93. The van der Waals surface area contributed by atoms with Gasteiger partial charge < -0.3 is 4.74 Å². The Balaban J connectivity index is 2.75. The molecule has 4 heteroatoms. The highest BCUT2D eigenvalue weighted by Crippen LogP contribution is 2.08. The Hall–Kier alpha value is -1.97. The Morgan fingerprint density at radius 1 is 1.16 bits per heavy atom. The Labute approximate surface area is 113 Å². The van der Waals surface area contributed by atoms with Crippen molar-refractivity contribution in [3.8, 4) is 0 Å². The lowest BCUT2D eigenvalue weighted by Crippen LogP contribution is -2.03. The van der Waals surface area contributed by atoms with Gasteiger partial charge in [-0.2, -0.15) is 0 Å². The summed E-state index contributed by atoms with van der Waals surface area (Å²) in [5, 5.41) is 0. The maximum atomic E-state index is 11.9. The number of unbranched alkanes of at least 4 members (excludes halogenated alkanes) is 1. The zero-order valence-electron chi connectivity index (χ0n) is 11.6. The number of hydrogen-bond donors (Lipinski definition) is 0. The van der Waals surface area contributed by atoms with Crippen molar-refractivity contribution >= 4 is 17.6 Å². The molecular formula is C15H19NO3. The smallest absolute Gasteiger partial charge is 0.337 e. The summed E-state index contributed by atoms with van der Waals surface area (Å²) >= 11 is 0. The second-order valence-electron chi connectivity index (χ2n) is 4.32. The Bertz CT molecular complexity index is 475. The van der Waals surface area contributed by atoms with Gasteiger partial charge >= 0.3 is 5.97 Å². The number of benzene rings is 1. The van der Waals surface area contributed by atoms with Crippen molar-refractivity contribution in [1.29, 1.82) is 0 Å². The van der Waals surface area contributed by atoms with E-state index in [4.69, 9.17) is 0 Å². The topological polar surface area (TPSA) is 55.7 Å². The molecule has 0 aromatic heterocycles. The van der Waals surface area contributed by atoms with Crippen LogP contribution in [0.3, 0.4) is 0 Å². The molecule has 0 radical (unpaired) electrons. The van der Waals surface area contributed by atoms with Crippen LogP contribution in [0.25, 0.3) is 0 Å². The van der Waals surface area contributed by atoms with E-state index in [9.17, 15) is 9.59 Å². The normalized spacial score (nSPS) is 11.2. The predicted octanol–water partition coefficient (Wildman–Crippen LogP) is 3.26. The van der Waals surface area contributed by atoms with Gasteiger partial charge in [-0.3, -0.25) is 4.79 Å². The molecule has 1 aromatic rings. The minimum atomic E-state index is -0.415. The number of amides is 1. The molecule has 0 heterocycles. The van der Waals surface area contributed by atoms with Gasteiger partial charge in [0.15, 0.2) is 0 Å². The first kappa shape index (κ1) is 15.1. The van der Waals surface area contributed by atoms with Crippen LogP contribution in [0, 0.1) is 0 Å². The first-order valence-electron chi connectivity index (χ1n) is 6.35. The Morgan fingerprint density at radius 2 is 1.74 bits per heavy atom. The van der Waals surface area contributed by atoms with Gasteiger partial charge in [0.2, 0.25) is 0 Å². The summed E-state index contributed by atoms with van der Waals surface area (Å²) in [6.45, 7) is 3.96. The van der Waals surface area contributed by atoms with Crippen LogP contribution in [-0.2, 0) is 4.74 Å². The summed E-state index contributed by atoms with van der Waals surface area (Å²) in [6.07, 6.45) is 2.95. The van der Waals surface area contributed by atoms with E-state index in [0.717, 1.165) is 25.0 Å². The second kappa shape index (κ2) is 7.46. The molecular weight excluding hydrogens is 242 g/mol. The van der Waals surface area contributed by atoms with Crippen molar-refractivity contribution in [2.24, 2.45) is 4.99 Å². The summed E-state index contributed by atoms with van der Waals surface area (Å²) in [7, 11) is 1.32. The number of carbonyl (C=O) groups excluding carboxylic acids is 2. The van der Waals surface area contributed by atoms with Crippen LogP contribution in [-0.4, -0.2) is 24.7 Å². The van der Waals surface area contributed by atoms with E-state index in [0.29, 0.717) is 11.1 Å². The maximum absolute atomic E-state index is 11.9. The first-order chi connectivity index (χ1) is 9.08. The molecule has 0 spiro atoms. The fourth-order valence-electron chi connectivity index (χ4n) is 1.59. The van der Waals surface area contributed by atoms with E-state index < -0.39 is 5.97 Å². The van der Waals surface area contributed by atoms with E-state index >= 15 is 0 Å². The van der Waals surface area contributed by atoms with Crippen molar-refractivity contribution in [3.05, 3.63) is 35.4 Å². The van der Waals surface area contributed by atoms with Crippen LogP contribution in [0.2, 0.25) is 0 Å². The van der Waals surface area contributed by atoms with E-state index in [1.807, 2.05) is 6.92 Å². The van der Waals surface area contributed by atoms with Crippen molar-refractivity contribution in [2.75, 3.05) is 7.11 Å². The molecule has 19 heavy (non-hydrogen) atoms. The Morgan fingerprint density at radius 3 is 2.26 bits per heavy atom. The molecule has 0 saturated carbocycles. The molecule has 0 unspecified atom stereocenters. The van der Waals surface area contributed by atoms with E-state index in [1.165, 1.54) is 7.11 Å². The fourth-order valence-corrected chi connectivity index (χ4v) is 1.59. The molecule has 0 saturated heterocycles. The van der Waals surface area contributed by atoms with E-state index in [1.54, 1.807) is 24.3 Å². The molecule has 1 amide bonds. The molecule has 1 rings (SSSR count). The average Bonchev–Trinajstić information content (AvgIpc) is 2.44. The van der Waals surface area contributed by atoms with Crippen LogP contribution in [0.15, 0.2) is 29.3 Å². The largest absolute Gasteiger partial charge is 0.465 e. The van der Waals surface area contributed by atoms with E-state index in [2.05, 4.69) is 16.7 Å². The highest BCUT2D eigenvalue weighted by atomic mass is 16.5. The molecule has 0 N–H and O–H groups in total. The molecule has 102 valence electrons. The molecule has 0 aliphatic rings. The summed E-state index contributed by atoms with van der Waals surface area (Å²) in [5.74, 6) is -0.688. The average molecular weight is 261 g/mol. The summed E-state index contributed by atoms with van der Waals surface area (Å²) < 4.78 is 4.59. The van der Waals surface area contributed by atoms with Crippen LogP contribution < -0.4 is 0 Å². The number of hydrogen-bond acceptors (Lipinski definition) is 3. The van der Waals surface area contributed by atoms with Crippen LogP contribution in [0.5, 0.6) is 0 Å². The molecule has 0 aliphatic carbocycles. The zero-order chi connectivity index (χ0) is 14.3. The second-order valence-corrected chi connectivity index (χ2v) is 4.32. The first-order valence-corrected chi connectivity index (χ1v) is 6.35. The van der Waals surface area contributed by atoms with Crippen molar-refractivity contribution in [3.63, 3.8) is 0 Å². The lowest BCUT2D eigenvalue weighted by Gasteiger charge is -2.01. The van der Waals surface area contributed by atoms with Crippen molar-refractivity contribution < 1.29 is 14.3 Å². The van der Waals surface area contributed by atoms with Crippen LogP contribution >= 0.6 is 0 Å².